The van der Waals surface area contributed by atoms with Crippen LogP contribution in [0.15, 0.2) is 24.0 Å². The SMILES string of the molecule is O=C(O)C[C@H](O)c1cc(Br)c(Br)c(Br)c1Br. The van der Waals surface area contributed by atoms with E-state index in [4.69, 9.17) is 5.11 Å². The van der Waals surface area contributed by atoms with Gasteiger partial charge in [-0.3, -0.25) is 4.79 Å². The summed E-state index contributed by atoms with van der Waals surface area (Å²) >= 11 is 13.3. The Morgan fingerprint density at radius 2 is 1.75 bits per heavy atom. The van der Waals surface area contributed by atoms with Gasteiger partial charge in [0.1, 0.15) is 0 Å². The summed E-state index contributed by atoms with van der Waals surface area (Å²) in [4.78, 5) is 10.5. The number of halogens is 4. The minimum absolute atomic E-state index is 0.334. The van der Waals surface area contributed by atoms with Crippen LogP contribution >= 0.6 is 63.7 Å². The molecule has 0 aliphatic heterocycles. The molecule has 0 aromatic heterocycles. The number of carboxylic acid groups (broad SMARTS) is 1. The first kappa shape index (κ1) is 14.6. The second-order valence-corrected chi connectivity index (χ2v) is 6.24. The molecule has 7 heteroatoms. The smallest absolute Gasteiger partial charge is 0.306 e. The predicted octanol–water partition coefficient (Wildman–Crippen LogP) is 4.24. The minimum atomic E-state index is -1.05. The highest BCUT2D eigenvalue weighted by molar-refractivity contribution is 9.15. The molecule has 1 atom stereocenters. The van der Waals surface area contributed by atoms with E-state index in [1.165, 1.54) is 0 Å². The molecular formula is C9H6Br4O3. The number of aliphatic hydroxyl groups excluding tert-OH is 1. The van der Waals surface area contributed by atoms with Crippen molar-refractivity contribution in [2.45, 2.75) is 12.5 Å². The molecule has 0 amide bonds. The van der Waals surface area contributed by atoms with Gasteiger partial charge in [-0.05, 0) is 75.3 Å². The summed E-state index contributed by atoms with van der Waals surface area (Å²) in [5, 5.41) is 18.4. The highest BCUT2D eigenvalue weighted by Gasteiger charge is 2.19. The average Bonchev–Trinajstić information content (AvgIpc) is 2.19. The maximum Gasteiger partial charge on any atom is 0.306 e. The van der Waals surface area contributed by atoms with Crippen LogP contribution in [0.5, 0.6) is 0 Å². The molecule has 0 aliphatic rings. The first-order chi connectivity index (χ1) is 7.34. The van der Waals surface area contributed by atoms with Crippen LogP contribution in [0.3, 0.4) is 0 Å². The molecule has 0 spiro atoms. The molecule has 1 rings (SSSR count). The lowest BCUT2D eigenvalue weighted by Gasteiger charge is -2.14. The van der Waals surface area contributed by atoms with Crippen LogP contribution < -0.4 is 0 Å². The average molecular weight is 482 g/mol. The molecule has 88 valence electrons. The molecule has 2 N–H and O–H groups in total. The largest absolute Gasteiger partial charge is 0.481 e. The highest BCUT2D eigenvalue weighted by atomic mass is 79.9. The van der Waals surface area contributed by atoms with E-state index < -0.39 is 12.1 Å². The lowest BCUT2D eigenvalue weighted by Crippen LogP contribution is -2.06. The number of carbonyl (C=O) groups is 1. The maximum atomic E-state index is 10.5. The van der Waals surface area contributed by atoms with E-state index in [-0.39, 0.29) is 6.42 Å². The molecule has 1 aromatic rings. The van der Waals surface area contributed by atoms with Crippen LogP contribution in [-0.2, 0) is 4.79 Å². The number of benzene rings is 1. The van der Waals surface area contributed by atoms with Crippen molar-refractivity contribution in [2.24, 2.45) is 0 Å². The zero-order valence-corrected chi connectivity index (χ0v) is 14.0. The molecule has 0 aliphatic carbocycles. The Morgan fingerprint density at radius 3 is 2.25 bits per heavy atom. The topological polar surface area (TPSA) is 57.5 Å². The van der Waals surface area contributed by atoms with Crippen LogP contribution in [0.25, 0.3) is 0 Å². The third-order valence-corrected chi connectivity index (χ3v) is 6.55. The molecule has 0 heterocycles. The fourth-order valence-corrected chi connectivity index (χ4v) is 3.42. The normalized spacial score (nSPS) is 12.6. The number of hydrogen-bond donors (Lipinski definition) is 2. The Labute approximate surface area is 126 Å². The highest BCUT2D eigenvalue weighted by Crippen LogP contribution is 2.41. The monoisotopic (exact) mass is 478 g/mol. The quantitative estimate of drug-likeness (QED) is 0.501. The standard InChI is InChI=1S/C9H6Br4O3/c10-4-1-3(5(14)2-6(15)16)7(11)9(13)8(4)12/h1,5,14H,2H2,(H,15,16)/t5-/m0/s1. The van der Waals surface area contributed by atoms with Crippen molar-refractivity contribution < 1.29 is 15.0 Å². The van der Waals surface area contributed by atoms with E-state index in [1.54, 1.807) is 6.07 Å². The molecular weight excluding hydrogens is 476 g/mol. The molecule has 0 saturated heterocycles. The second kappa shape index (κ2) is 5.95. The summed E-state index contributed by atoms with van der Waals surface area (Å²) in [7, 11) is 0. The number of hydrogen-bond acceptors (Lipinski definition) is 2. The van der Waals surface area contributed by atoms with Crippen LogP contribution in [0.1, 0.15) is 18.1 Å². The zero-order chi connectivity index (χ0) is 12.5. The van der Waals surface area contributed by atoms with Gasteiger partial charge in [0.15, 0.2) is 0 Å². The molecule has 0 radical (unpaired) electrons. The summed E-state index contributed by atoms with van der Waals surface area (Å²) in [6, 6.07) is 1.67. The van der Waals surface area contributed by atoms with Crippen molar-refractivity contribution in [2.75, 3.05) is 0 Å². The third-order valence-electron chi connectivity index (χ3n) is 1.86. The van der Waals surface area contributed by atoms with Gasteiger partial charge in [-0.25, -0.2) is 0 Å². The maximum absolute atomic E-state index is 10.5. The summed E-state index contributed by atoms with van der Waals surface area (Å²) in [6.07, 6.45) is -1.38. The van der Waals surface area contributed by atoms with Crippen molar-refractivity contribution >= 4 is 69.7 Å². The van der Waals surface area contributed by atoms with E-state index in [0.717, 1.165) is 13.4 Å². The summed E-state index contributed by atoms with van der Waals surface area (Å²) in [5.41, 5.74) is 0.518. The Balaban J connectivity index is 3.19. The van der Waals surface area contributed by atoms with Crippen molar-refractivity contribution in [1.82, 2.24) is 0 Å². The number of rotatable bonds is 3. The van der Waals surface area contributed by atoms with E-state index in [9.17, 15) is 9.90 Å². The van der Waals surface area contributed by atoms with E-state index in [1.807, 2.05) is 0 Å². The minimum Gasteiger partial charge on any atom is -0.481 e. The van der Waals surface area contributed by atoms with Crippen molar-refractivity contribution in [3.8, 4) is 0 Å². The zero-order valence-electron chi connectivity index (χ0n) is 7.68. The fraction of sp³-hybridized carbons (Fsp3) is 0.222. The number of aliphatic carboxylic acids is 1. The van der Waals surface area contributed by atoms with E-state index >= 15 is 0 Å². The van der Waals surface area contributed by atoms with Crippen molar-refractivity contribution in [3.05, 3.63) is 29.5 Å². The van der Waals surface area contributed by atoms with Gasteiger partial charge in [-0.15, -0.1) is 0 Å². The summed E-state index contributed by atoms with van der Waals surface area (Å²) in [6.45, 7) is 0. The molecule has 3 nitrogen and oxygen atoms in total. The molecule has 0 saturated carbocycles. The molecule has 0 fully saturated rings. The molecule has 0 unspecified atom stereocenters. The predicted molar refractivity (Wildman–Crippen MR) is 74.5 cm³/mol. The lowest BCUT2D eigenvalue weighted by molar-refractivity contribution is -0.139. The van der Waals surface area contributed by atoms with E-state index in [2.05, 4.69) is 63.7 Å². The summed E-state index contributed by atoms with van der Waals surface area (Å²) < 4.78 is 2.89. The van der Waals surface area contributed by atoms with Crippen LogP contribution in [0.2, 0.25) is 0 Å². The van der Waals surface area contributed by atoms with Gasteiger partial charge < -0.3 is 10.2 Å². The van der Waals surface area contributed by atoms with Gasteiger partial charge >= 0.3 is 5.97 Å². The Kier molecular flexibility index (Phi) is 5.44. The third kappa shape index (κ3) is 3.29. The number of carboxylic acids is 1. The van der Waals surface area contributed by atoms with Gasteiger partial charge in [0.25, 0.3) is 0 Å². The van der Waals surface area contributed by atoms with E-state index in [0.29, 0.717) is 10.0 Å². The molecule has 1 aromatic carbocycles. The van der Waals surface area contributed by atoms with Gasteiger partial charge in [0, 0.05) is 17.9 Å². The molecule has 0 bridgehead atoms. The van der Waals surface area contributed by atoms with Gasteiger partial charge in [0.05, 0.1) is 12.5 Å². The van der Waals surface area contributed by atoms with Crippen LogP contribution in [0.4, 0.5) is 0 Å². The fourth-order valence-electron chi connectivity index (χ4n) is 1.11. The lowest BCUT2D eigenvalue weighted by atomic mass is 10.1. The van der Waals surface area contributed by atoms with Crippen LogP contribution in [-0.4, -0.2) is 16.2 Å². The first-order valence-electron chi connectivity index (χ1n) is 4.07. The van der Waals surface area contributed by atoms with Crippen molar-refractivity contribution in [3.63, 3.8) is 0 Å². The van der Waals surface area contributed by atoms with Crippen LogP contribution in [0, 0.1) is 0 Å². The van der Waals surface area contributed by atoms with Gasteiger partial charge in [0.2, 0.25) is 0 Å². The van der Waals surface area contributed by atoms with Gasteiger partial charge in [-0.2, -0.15) is 0 Å². The Morgan fingerprint density at radius 1 is 1.19 bits per heavy atom. The first-order valence-corrected chi connectivity index (χ1v) is 7.24. The Bertz CT molecular complexity index is 433. The summed E-state index contributed by atoms with van der Waals surface area (Å²) in [5.74, 6) is -1.05. The van der Waals surface area contributed by atoms with Gasteiger partial charge in [-0.1, -0.05) is 0 Å². The number of aliphatic hydroxyl groups is 1. The van der Waals surface area contributed by atoms with Crippen molar-refractivity contribution in [1.29, 1.82) is 0 Å². The second-order valence-electron chi connectivity index (χ2n) is 3.00. The molecule has 16 heavy (non-hydrogen) atoms. The Hall–Kier alpha value is 0.570.